The summed E-state index contributed by atoms with van der Waals surface area (Å²) in [5.41, 5.74) is 0.556. The van der Waals surface area contributed by atoms with Crippen LogP contribution >= 0.6 is 11.3 Å². The molecule has 2 heterocycles. The Bertz CT molecular complexity index is 820. The lowest BCUT2D eigenvalue weighted by atomic mass is 10.1. The Morgan fingerprint density at radius 3 is 2.69 bits per heavy atom. The zero-order valence-corrected chi connectivity index (χ0v) is 15.2. The summed E-state index contributed by atoms with van der Waals surface area (Å²) in [5.74, 6) is 1.02. The van der Waals surface area contributed by atoms with Gasteiger partial charge in [0.2, 0.25) is 0 Å². The molecule has 6 heteroatoms. The monoisotopic (exact) mass is 369 g/mol. The minimum Gasteiger partial charge on any atom is -0.484 e. The van der Waals surface area contributed by atoms with E-state index >= 15 is 0 Å². The average Bonchev–Trinajstić information content (AvgIpc) is 3.33. The van der Waals surface area contributed by atoms with Crippen molar-refractivity contribution in [1.29, 1.82) is 0 Å². The molecule has 0 fully saturated rings. The van der Waals surface area contributed by atoms with Gasteiger partial charge in [-0.05, 0) is 42.6 Å². The van der Waals surface area contributed by atoms with Crippen LogP contribution in [0.2, 0.25) is 0 Å². The predicted octanol–water partition coefficient (Wildman–Crippen LogP) is 4.15. The fourth-order valence-electron chi connectivity index (χ4n) is 2.45. The summed E-state index contributed by atoms with van der Waals surface area (Å²) >= 11 is 1.60. The number of rotatable bonds is 8. The molecule has 1 amide bonds. The Balaban J connectivity index is 1.66. The van der Waals surface area contributed by atoms with Crippen molar-refractivity contribution in [1.82, 2.24) is 4.90 Å². The summed E-state index contributed by atoms with van der Waals surface area (Å²) < 4.78 is 11.0. The van der Waals surface area contributed by atoms with Crippen LogP contribution in [0.4, 0.5) is 0 Å². The Morgan fingerprint density at radius 1 is 1.12 bits per heavy atom. The van der Waals surface area contributed by atoms with Gasteiger partial charge >= 0.3 is 0 Å². The number of amides is 1. The van der Waals surface area contributed by atoms with Crippen LogP contribution in [0.1, 0.15) is 27.9 Å². The Morgan fingerprint density at radius 2 is 2.00 bits per heavy atom. The lowest BCUT2D eigenvalue weighted by molar-refractivity contribution is -0.134. The van der Waals surface area contributed by atoms with Crippen molar-refractivity contribution < 1.29 is 18.7 Å². The standard InChI is InChI=1S/C20H19NO4S/c1-15(22)16-5-2-6-17(11-16)25-14-20(23)21(12-18-7-3-9-24-18)13-19-8-4-10-26-19/h2-11H,12-14H2,1H3. The fraction of sp³-hybridized carbons (Fsp3) is 0.200. The number of Topliss-reactive ketones (excluding diaryl/α,β-unsaturated/α-hetero) is 1. The van der Waals surface area contributed by atoms with Gasteiger partial charge < -0.3 is 14.1 Å². The van der Waals surface area contributed by atoms with Gasteiger partial charge in [-0.2, -0.15) is 0 Å². The van der Waals surface area contributed by atoms with E-state index in [1.807, 2.05) is 23.6 Å². The molecule has 3 rings (SSSR count). The first-order chi connectivity index (χ1) is 12.6. The van der Waals surface area contributed by atoms with E-state index in [2.05, 4.69) is 0 Å². The number of ketones is 1. The van der Waals surface area contributed by atoms with Crippen molar-refractivity contribution in [2.75, 3.05) is 6.61 Å². The summed E-state index contributed by atoms with van der Waals surface area (Å²) in [4.78, 5) is 26.9. The number of carbonyl (C=O) groups excluding carboxylic acids is 2. The summed E-state index contributed by atoms with van der Waals surface area (Å²) in [6, 6.07) is 14.4. The Hall–Kier alpha value is -2.86. The van der Waals surface area contributed by atoms with Crippen molar-refractivity contribution in [3.8, 4) is 5.75 Å². The molecule has 0 aliphatic rings. The smallest absolute Gasteiger partial charge is 0.261 e. The molecule has 0 saturated carbocycles. The van der Waals surface area contributed by atoms with Crippen LogP contribution in [0.15, 0.2) is 64.6 Å². The zero-order valence-electron chi connectivity index (χ0n) is 14.4. The molecule has 0 N–H and O–H groups in total. The lowest BCUT2D eigenvalue weighted by Gasteiger charge is -2.21. The van der Waals surface area contributed by atoms with Gasteiger partial charge in [0, 0.05) is 10.4 Å². The van der Waals surface area contributed by atoms with Gasteiger partial charge in [-0.25, -0.2) is 0 Å². The van der Waals surface area contributed by atoms with Crippen LogP contribution in [0, 0.1) is 0 Å². The molecule has 2 aromatic heterocycles. The second-order valence-electron chi connectivity index (χ2n) is 5.78. The van der Waals surface area contributed by atoms with Crippen LogP contribution in [-0.4, -0.2) is 23.2 Å². The molecule has 0 bridgehead atoms. The zero-order chi connectivity index (χ0) is 18.4. The molecule has 0 radical (unpaired) electrons. The molecule has 134 valence electrons. The molecule has 5 nitrogen and oxygen atoms in total. The van der Waals surface area contributed by atoms with E-state index in [-0.39, 0.29) is 18.3 Å². The van der Waals surface area contributed by atoms with Gasteiger partial charge in [-0.1, -0.05) is 18.2 Å². The molecule has 0 atom stereocenters. The molecule has 1 aromatic carbocycles. The maximum Gasteiger partial charge on any atom is 0.261 e. The third-order valence-corrected chi connectivity index (χ3v) is 4.67. The van der Waals surface area contributed by atoms with Gasteiger partial charge in [0.05, 0.1) is 19.4 Å². The molecular formula is C20H19NO4S. The van der Waals surface area contributed by atoms with E-state index in [1.54, 1.807) is 52.8 Å². The van der Waals surface area contributed by atoms with E-state index in [9.17, 15) is 9.59 Å². The van der Waals surface area contributed by atoms with Gasteiger partial charge in [-0.15, -0.1) is 11.3 Å². The van der Waals surface area contributed by atoms with Gasteiger partial charge in [0.25, 0.3) is 5.91 Å². The quantitative estimate of drug-likeness (QED) is 0.560. The second-order valence-corrected chi connectivity index (χ2v) is 6.81. The number of hydrogen-bond acceptors (Lipinski definition) is 5. The van der Waals surface area contributed by atoms with Crippen LogP contribution in [0.25, 0.3) is 0 Å². The van der Waals surface area contributed by atoms with Crippen molar-refractivity contribution >= 4 is 23.0 Å². The Kier molecular flexibility index (Phi) is 5.86. The summed E-state index contributed by atoms with van der Waals surface area (Å²) in [6.45, 7) is 2.26. The SMILES string of the molecule is CC(=O)c1cccc(OCC(=O)N(Cc2ccco2)Cc2cccs2)c1. The van der Waals surface area contributed by atoms with Gasteiger partial charge in [0.15, 0.2) is 12.4 Å². The van der Waals surface area contributed by atoms with Crippen LogP contribution < -0.4 is 4.74 Å². The van der Waals surface area contributed by atoms with Crippen molar-refractivity contribution in [2.45, 2.75) is 20.0 Å². The van der Waals surface area contributed by atoms with E-state index in [0.29, 0.717) is 30.2 Å². The third kappa shape index (κ3) is 4.83. The third-order valence-electron chi connectivity index (χ3n) is 3.81. The molecule has 0 unspecified atom stereocenters. The summed E-state index contributed by atoms with van der Waals surface area (Å²) in [5, 5.41) is 1.98. The van der Waals surface area contributed by atoms with Crippen LogP contribution in [-0.2, 0) is 17.9 Å². The normalized spacial score (nSPS) is 10.5. The highest BCUT2D eigenvalue weighted by Crippen LogP contribution is 2.17. The number of thiophene rings is 1. The van der Waals surface area contributed by atoms with Gasteiger partial charge in [-0.3, -0.25) is 9.59 Å². The van der Waals surface area contributed by atoms with E-state index in [0.717, 1.165) is 4.88 Å². The van der Waals surface area contributed by atoms with Crippen molar-refractivity contribution in [3.63, 3.8) is 0 Å². The topological polar surface area (TPSA) is 59.8 Å². The van der Waals surface area contributed by atoms with Crippen molar-refractivity contribution in [2.24, 2.45) is 0 Å². The van der Waals surface area contributed by atoms with E-state index in [4.69, 9.17) is 9.15 Å². The maximum absolute atomic E-state index is 12.7. The lowest BCUT2D eigenvalue weighted by Crippen LogP contribution is -2.33. The van der Waals surface area contributed by atoms with E-state index in [1.165, 1.54) is 6.92 Å². The number of ether oxygens (including phenoxy) is 1. The fourth-order valence-corrected chi connectivity index (χ4v) is 3.17. The van der Waals surface area contributed by atoms with Crippen LogP contribution in [0.3, 0.4) is 0 Å². The largest absolute Gasteiger partial charge is 0.484 e. The summed E-state index contributed by atoms with van der Waals surface area (Å²) in [7, 11) is 0. The van der Waals surface area contributed by atoms with Crippen molar-refractivity contribution in [3.05, 3.63) is 76.4 Å². The first-order valence-electron chi connectivity index (χ1n) is 8.18. The molecule has 0 aliphatic heterocycles. The predicted molar refractivity (Wildman–Crippen MR) is 99.2 cm³/mol. The molecule has 0 aliphatic carbocycles. The first-order valence-corrected chi connectivity index (χ1v) is 9.06. The minimum absolute atomic E-state index is 0.0427. The molecule has 26 heavy (non-hydrogen) atoms. The number of carbonyl (C=O) groups is 2. The molecule has 0 spiro atoms. The average molecular weight is 369 g/mol. The second kappa shape index (κ2) is 8.49. The number of furan rings is 1. The van der Waals surface area contributed by atoms with Crippen LogP contribution in [0.5, 0.6) is 5.75 Å². The molecule has 3 aromatic rings. The first kappa shape index (κ1) is 17.9. The molecule has 0 saturated heterocycles. The van der Waals surface area contributed by atoms with E-state index < -0.39 is 0 Å². The maximum atomic E-state index is 12.7. The number of nitrogens with zero attached hydrogens (tertiary/aromatic N) is 1. The molecular weight excluding hydrogens is 350 g/mol. The number of benzene rings is 1. The minimum atomic E-state index is -0.150. The highest BCUT2D eigenvalue weighted by molar-refractivity contribution is 7.09. The Labute approximate surface area is 155 Å². The highest BCUT2D eigenvalue weighted by Gasteiger charge is 2.17. The van der Waals surface area contributed by atoms with Gasteiger partial charge in [0.1, 0.15) is 11.5 Å². The summed E-state index contributed by atoms with van der Waals surface area (Å²) in [6.07, 6.45) is 1.59. The highest BCUT2D eigenvalue weighted by atomic mass is 32.1. The number of hydrogen-bond donors (Lipinski definition) is 0.